The molecule has 1 nitrogen and oxygen atoms in total. The van der Waals surface area contributed by atoms with Crippen LogP contribution in [0.4, 0.5) is 10.1 Å². The SMILES string of the molecule is CC(C)Cc1ccc(-c2ccc(N)cc2F)cc1. The largest absolute Gasteiger partial charge is 0.399 e. The van der Waals surface area contributed by atoms with Crippen molar-refractivity contribution < 1.29 is 4.39 Å². The monoisotopic (exact) mass is 243 g/mol. The standard InChI is InChI=1S/C16H18FN/c1-11(2)9-12-3-5-13(6-4-12)15-8-7-14(18)10-16(15)17/h3-8,10-11H,9,18H2,1-2H3. The first-order valence-corrected chi connectivity index (χ1v) is 6.20. The van der Waals surface area contributed by atoms with E-state index in [-0.39, 0.29) is 5.82 Å². The van der Waals surface area contributed by atoms with Crippen LogP contribution in [0.25, 0.3) is 11.1 Å². The van der Waals surface area contributed by atoms with Crippen LogP contribution in [0.1, 0.15) is 19.4 Å². The molecule has 0 unspecified atom stereocenters. The number of nitrogens with two attached hydrogens (primary N) is 1. The number of anilines is 1. The second kappa shape index (κ2) is 5.21. The molecule has 0 atom stereocenters. The number of halogens is 1. The normalized spacial score (nSPS) is 10.9. The average molecular weight is 243 g/mol. The molecule has 0 fully saturated rings. The van der Waals surface area contributed by atoms with E-state index in [1.165, 1.54) is 11.6 Å². The molecule has 2 aromatic carbocycles. The Morgan fingerprint density at radius 1 is 1.06 bits per heavy atom. The van der Waals surface area contributed by atoms with Crippen LogP contribution in [-0.4, -0.2) is 0 Å². The van der Waals surface area contributed by atoms with Gasteiger partial charge in [0.15, 0.2) is 0 Å². The summed E-state index contributed by atoms with van der Waals surface area (Å²) in [6.45, 7) is 4.38. The predicted octanol–water partition coefficient (Wildman–Crippen LogP) is 4.27. The minimum absolute atomic E-state index is 0.272. The smallest absolute Gasteiger partial charge is 0.133 e. The molecule has 0 aliphatic heterocycles. The maximum atomic E-state index is 13.8. The van der Waals surface area contributed by atoms with Crippen molar-refractivity contribution in [2.24, 2.45) is 5.92 Å². The Labute approximate surface area is 107 Å². The Morgan fingerprint density at radius 3 is 2.28 bits per heavy atom. The summed E-state index contributed by atoms with van der Waals surface area (Å²) in [6.07, 6.45) is 1.05. The molecule has 2 heteroatoms. The highest BCUT2D eigenvalue weighted by Gasteiger charge is 2.05. The van der Waals surface area contributed by atoms with E-state index in [0.717, 1.165) is 12.0 Å². The lowest BCUT2D eigenvalue weighted by molar-refractivity contribution is 0.632. The van der Waals surface area contributed by atoms with Crippen LogP contribution in [0.3, 0.4) is 0 Å². The van der Waals surface area contributed by atoms with Crippen LogP contribution in [0.15, 0.2) is 42.5 Å². The van der Waals surface area contributed by atoms with Gasteiger partial charge in [-0.1, -0.05) is 38.1 Å². The molecule has 0 aromatic heterocycles. The fraction of sp³-hybridized carbons (Fsp3) is 0.250. The molecule has 18 heavy (non-hydrogen) atoms. The molecular weight excluding hydrogens is 225 g/mol. The van der Waals surface area contributed by atoms with Crippen LogP contribution < -0.4 is 5.73 Å². The molecule has 94 valence electrons. The van der Waals surface area contributed by atoms with Crippen molar-refractivity contribution in [3.05, 3.63) is 53.8 Å². The van der Waals surface area contributed by atoms with Gasteiger partial charge >= 0.3 is 0 Å². The molecule has 0 spiro atoms. The number of hydrogen-bond acceptors (Lipinski definition) is 1. The zero-order chi connectivity index (χ0) is 13.1. The van der Waals surface area contributed by atoms with Crippen LogP contribution in [0.5, 0.6) is 0 Å². The Balaban J connectivity index is 2.28. The molecule has 0 aliphatic carbocycles. The summed E-state index contributed by atoms with van der Waals surface area (Å²) < 4.78 is 13.8. The van der Waals surface area contributed by atoms with Crippen LogP contribution in [0.2, 0.25) is 0 Å². The van der Waals surface area contributed by atoms with Crippen molar-refractivity contribution in [1.82, 2.24) is 0 Å². The lowest BCUT2D eigenvalue weighted by atomic mass is 9.99. The number of benzene rings is 2. The average Bonchev–Trinajstić information content (AvgIpc) is 2.30. The van der Waals surface area contributed by atoms with Gasteiger partial charge in [-0.25, -0.2) is 4.39 Å². The Bertz CT molecular complexity index is 529. The highest BCUT2D eigenvalue weighted by Crippen LogP contribution is 2.25. The molecule has 0 bridgehead atoms. The van der Waals surface area contributed by atoms with Gasteiger partial charge in [0, 0.05) is 11.3 Å². The van der Waals surface area contributed by atoms with Crippen molar-refractivity contribution in [2.45, 2.75) is 20.3 Å². The zero-order valence-corrected chi connectivity index (χ0v) is 10.8. The summed E-state index contributed by atoms with van der Waals surface area (Å²) in [7, 11) is 0. The second-order valence-corrected chi connectivity index (χ2v) is 5.03. The highest BCUT2D eigenvalue weighted by molar-refractivity contribution is 5.66. The topological polar surface area (TPSA) is 26.0 Å². The summed E-state index contributed by atoms with van der Waals surface area (Å²) in [5, 5.41) is 0. The minimum Gasteiger partial charge on any atom is -0.399 e. The van der Waals surface area contributed by atoms with Crippen LogP contribution >= 0.6 is 0 Å². The first-order chi connectivity index (χ1) is 8.56. The van der Waals surface area contributed by atoms with Crippen LogP contribution in [-0.2, 0) is 6.42 Å². The maximum Gasteiger partial charge on any atom is 0.133 e. The van der Waals surface area contributed by atoms with Crippen molar-refractivity contribution in [2.75, 3.05) is 5.73 Å². The van der Waals surface area contributed by atoms with Gasteiger partial charge in [-0.15, -0.1) is 0 Å². The van der Waals surface area contributed by atoms with Gasteiger partial charge in [-0.2, -0.15) is 0 Å². The molecular formula is C16H18FN. The minimum atomic E-state index is -0.272. The molecule has 2 aromatic rings. The molecule has 0 amide bonds. The Hall–Kier alpha value is -1.83. The third kappa shape index (κ3) is 2.89. The van der Waals surface area contributed by atoms with E-state index in [9.17, 15) is 4.39 Å². The maximum absolute atomic E-state index is 13.8. The van der Waals surface area contributed by atoms with Gasteiger partial charge in [-0.3, -0.25) is 0 Å². The number of nitrogen functional groups attached to an aromatic ring is 1. The summed E-state index contributed by atoms with van der Waals surface area (Å²) in [5.74, 6) is 0.357. The van der Waals surface area contributed by atoms with Crippen molar-refractivity contribution in [1.29, 1.82) is 0 Å². The van der Waals surface area contributed by atoms with E-state index >= 15 is 0 Å². The van der Waals surface area contributed by atoms with Gasteiger partial charge in [0.25, 0.3) is 0 Å². The van der Waals surface area contributed by atoms with Gasteiger partial charge in [-0.05, 0) is 41.7 Å². The summed E-state index contributed by atoms with van der Waals surface area (Å²) in [4.78, 5) is 0. The van der Waals surface area contributed by atoms with E-state index in [2.05, 4.69) is 26.0 Å². The number of hydrogen-bond donors (Lipinski definition) is 1. The first-order valence-electron chi connectivity index (χ1n) is 6.20. The van der Waals surface area contributed by atoms with Crippen molar-refractivity contribution in [3.63, 3.8) is 0 Å². The molecule has 0 aliphatic rings. The lowest BCUT2D eigenvalue weighted by Crippen LogP contribution is -1.94. The molecule has 0 radical (unpaired) electrons. The summed E-state index contributed by atoms with van der Waals surface area (Å²) in [6, 6.07) is 12.9. The van der Waals surface area contributed by atoms with Gasteiger partial charge in [0.2, 0.25) is 0 Å². The van der Waals surface area contributed by atoms with Crippen molar-refractivity contribution in [3.8, 4) is 11.1 Å². The van der Waals surface area contributed by atoms with E-state index in [1.807, 2.05) is 12.1 Å². The van der Waals surface area contributed by atoms with E-state index in [1.54, 1.807) is 12.1 Å². The molecule has 0 saturated carbocycles. The molecule has 2 N–H and O–H groups in total. The predicted molar refractivity (Wildman–Crippen MR) is 74.8 cm³/mol. The van der Waals surface area contributed by atoms with E-state index in [0.29, 0.717) is 17.2 Å². The zero-order valence-electron chi connectivity index (χ0n) is 10.8. The quantitative estimate of drug-likeness (QED) is 0.800. The van der Waals surface area contributed by atoms with Crippen molar-refractivity contribution >= 4 is 5.69 Å². The lowest BCUT2D eigenvalue weighted by Gasteiger charge is -2.08. The Morgan fingerprint density at radius 2 is 1.72 bits per heavy atom. The van der Waals surface area contributed by atoms with Crippen LogP contribution in [0, 0.1) is 11.7 Å². The van der Waals surface area contributed by atoms with Gasteiger partial charge in [0.05, 0.1) is 0 Å². The first kappa shape index (κ1) is 12.6. The fourth-order valence-electron chi connectivity index (χ4n) is 2.06. The molecule has 2 rings (SSSR count). The highest BCUT2D eigenvalue weighted by atomic mass is 19.1. The number of rotatable bonds is 3. The van der Waals surface area contributed by atoms with Gasteiger partial charge in [0.1, 0.15) is 5.82 Å². The van der Waals surface area contributed by atoms with E-state index in [4.69, 9.17) is 5.73 Å². The van der Waals surface area contributed by atoms with E-state index < -0.39 is 0 Å². The fourth-order valence-corrected chi connectivity index (χ4v) is 2.06. The molecule has 0 saturated heterocycles. The molecule has 0 heterocycles. The third-order valence-corrected chi connectivity index (χ3v) is 2.90. The summed E-state index contributed by atoms with van der Waals surface area (Å²) in [5.41, 5.74) is 8.76. The van der Waals surface area contributed by atoms with Gasteiger partial charge < -0.3 is 5.73 Å². The Kier molecular flexibility index (Phi) is 3.66. The second-order valence-electron chi connectivity index (χ2n) is 5.03. The third-order valence-electron chi connectivity index (χ3n) is 2.90. The summed E-state index contributed by atoms with van der Waals surface area (Å²) >= 11 is 0.